The SMILES string of the molecule is CC(C(N)=O)S(=O)Cc1ccccc1Cl. The van der Waals surface area contributed by atoms with Crippen molar-refractivity contribution in [2.45, 2.75) is 17.9 Å². The van der Waals surface area contributed by atoms with E-state index in [1.54, 1.807) is 25.1 Å². The number of benzene rings is 1. The molecular weight excluding hydrogens is 234 g/mol. The molecule has 2 N–H and O–H groups in total. The minimum Gasteiger partial charge on any atom is -0.369 e. The van der Waals surface area contributed by atoms with E-state index in [-0.39, 0.29) is 5.75 Å². The van der Waals surface area contributed by atoms with Crippen LogP contribution in [-0.4, -0.2) is 15.4 Å². The molecule has 1 aromatic carbocycles. The standard InChI is InChI=1S/C10H12ClNO2S/c1-7(10(12)13)15(14)6-8-4-2-3-5-9(8)11/h2-5,7H,6H2,1H3,(H2,12,13). The summed E-state index contributed by atoms with van der Waals surface area (Å²) >= 11 is 5.90. The topological polar surface area (TPSA) is 60.2 Å². The zero-order valence-electron chi connectivity index (χ0n) is 8.27. The van der Waals surface area contributed by atoms with Gasteiger partial charge in [-0.25, -0.2) is 0 Å². The van der Waals surface area contributed by atoms with Gasteiger partial charge in [-0.15, -0.1) is 0 Å². The highest BCUT2D eigenvalue weighted by Crippen LogP contribution is 2.17. The number of nitrogens with two attached hydrogens (primary N) is 1. The Labute approximate surface area is 96.1 Å². The van der Waals surface area contributed by atoms with Crippen molar-refractivity contribution in [2.75, 3.05) is 0 Å². The van der Waals surface area contributed by atoms with Crippen LogP contribution < -0.4 is 5.73 Å². The van der Waals surface area contributed by atoms with E-state index in [9.17, 15) is 9.00 Å². The van der Waals surface area contributed by atoms with Gasteiger partial charge in [0.1, 0.15) is 5.25 Å². The number of hydrogen-bond acceptors (Lipinski definition) is 2. The van der Waals surface area contributed by atoms with Crippen molar-refractivity contribution in [3.63, 3.8) is 0 Å². The first-order valence-corrected chi connectivity index (χ1v) is 6.18. The normalized spacial score (nSPS) is 14.5. The molecular formula is C10H12ClNO2S. The maximum atomic E-state index is 11.7. The molecule has 0 aliphatic heterocycles. The Morgan fingerprint density at radius 1 is 1.53 bits per heavy atom. The van der Waals surface area contributed by atoms with E-state index < -0.39 is 22.0 Å². The van der Waals surface area contributed by atoms with Crippen LogP contribution in [-0.2, 0) is 21.3 Å². The van der Waals surface area contributed by atoms with E-state index in [0.717, 1.165) is 5.56 Å². The van der Waals surface area contributed by atoms with Crippen LogP contribution in [0.15, 0.2) is 24.3 Å². The molecule has 0 aliphatic carbocycles. The van der Waals surface area contributed by atoms with Crippen molar-refractivity contribution in [3.05, 3.63) is 34.9 Å². The number of halogens is 1. The average Bonchev–Trinajstić information content (AvgIpc) is 2.20. The summed E-state index contributed by atoms with van der Waals surface area (Å²) in [5.74, 6) is -0.301. The lowest BCUT2D eigenvalue weighted by atomic mass is 10.2. The zero-order valence-corrected chi connectivity index (χ0v) is 9.85. The maximum Gasteiger partial charge on any atom is 0.232 e. The fourth-order valence-corrected chi connectivity index (χ4v) is 2.37. The smallest absolute Gasteiger partial charge is 0.232 e. The highest BCUT2D eigenvalue weighted by atomic mass is 35.5. The third-order valence-electron chi connectivity index (χ3n) is 2.05. The predicted molar refractivity (Wildman–Crippen MR) is 62.0 cm³/mol. The average molecular weight is 246 g/mol. The van der Waals surface area contributed by atoms with Crippen molar-refractivity contribution in [1.29, 1.82) is 0 Å². The number of hydrogen-bond donors (Lipinski definition) is 1. The van der Waals surface area contributed by atoms with Crippen LogP contribution in [0, 0.1) is 0 Å². The van der Waals surface area contributed by atoms with Crippen LogP contribution in [0.4, 0.5) is 0 Å². The van der Waals surface area contributed by atoms with E-state index in [4.69, 9.17) is 17.3 Å². The fourth-order valence-electron chi connectivity index (χ4n) is 1.02. The molecule has 0 aliphatic rings. The van der Waals surface area contributed by atoms with Gasteiger partial charge in [0.15, 0.2) is 0 Å². The van der Waals surface area contributed by atoms with Gasteiger partial charge < -0.3 is 5.73 Å². The van der Waals surface area contributed by atoms with Crippen LogP contribution in [0.25, 0.3) is 0 Å². The summed E-state index contributed by atoms with van der Waals surface area (Å²) in [6.45, 7) is 1.55. The summed E-state index contributed by atoms with van der Waals surface area (Å²) in [5, 5.41) is -0.0937. The van der Waals surface area contributed by atoms with Crippen molar-refractivity contribution in [1.82, 2.24) is 0 Å². The van der Waals surface area contributed by atoms with Gasteiger partial charge in [0.05, 0.1) is 5.75 Å². The summed E-state index contributed by atoms with van der Waals surface area (Å²) in [7, 11) is -1.32. The quantitative estimate of drug-likeness (QED) is 0.873. The molecule has 15 heavy (non-hydrogen) atoms. The van der Waals surface area contributed by atoms with Crippen molar-refractivity contribution >= 4 is 28.3 Å². The van der Waals surface area contributed by atoms with Crippen molar-refractivity contribution < 1.29 is 9.00 Å². The lowest BCUT2D eigenvalue weighted by molar-refractivity contribution is -0.117. The monoisotopic (exact) mass is 245 g/mol. The van der Waals surface area contributed by atoms with E-state index in [2.05, 4.69) is 0 Å². The van der Waals surface area contributed by atoms with Crippen molar-refractivity contribution in [3.8, 4) is 0 Å². The van der Waals surface area contributed by atoms with Crippen LogP contribution >= 0.6 is 11.6 Å². The zero-order chi connectivity index (χ0) is 11.4. The molecule has 0 aromatic heterocycles. The number of carbonyl (C=O) groups is 1. The third kappa shape index (κ3) is 3.32. The summed E-state index contributed by atoms with van der Waals surface area (Å²) in [6, 6.07) is 7.12. The fraction of sp³-hybridized carbons (Fsp3) is 0.300. The molecule has 0 fully saturated rings. The molecule has 0 bridgehead atoms. The number of primary amides is 1. The lowest BCUT2D eigenvalue weighted by Gasteiger charge is -2.08. The molecule has 3 nitrogen and oxygen atoms in total. The molecule has 2 atom stereocenters. The molecule has 0 spiro atoms. The first kappa shape index (κ1) is 12.2. The molecule has 5 heteroatoms. The van der Waals surface area contributed by atoms with Gasteiger partial charge in [-0.3, -0.25) is 9.00 Å². The van der Waals surface area contributed by atoms with Gasteiger partial charge in [-0.05, 0) is 18.6 Å². The van der Waals surface area contributed by atoms with Crippen molar-refractivity contribution in [2.24, 2.45) is 5.73 Å². The largest absolute Gasteiger partial charge is 0.369 e. The molecule has 1 aromatic rings. The Morgan fingerprint density at radius 2 is 2.13 bits per heavy atom. The highest BCUT2D eigenvalue weighted by Gasteiger charge is 2.17. The molecule has 2 unspecified atom stereocenters. The molecule has 0 saturated carbocycles. The summed E-state index contributed by atoms with van der Waals surface area (Å²) < 4.78 is 11.7. The second-order valence-corrected chi connectivity index (χ2v) is 5.33. The number of carbonyl (C=O) groups excluding carboxylic acids is 1. The van der Waals surface area contributed by atoms with E-state index in [1.807, 2.05) is 6.07 Å². The summed E-state index contributed by atoms with van der Waals surface area (Å²) in [6.07, 6.45) is 0. The Morgan fingerprint density at radius 3 is 2.67 bits per heavy atom. The van der Waals surface area contributed by atoms with E-state index in [1.165, 1.54) is 0 Å². The molecule has 1 amide bonds. The number of rotatable bonds is 4. The van der Waals surface area contributed by atoms with Crippen LogP contribution in [0.5, 0.6) is 0 Å². The van der Waals surface area contributed by atoms with Gasteiger partial charge in [0, 0.05) is 15.8 Å². The highest BCUT2D eigenvalue weighted by molar-refractivity contribution is 7.85. The predicted octanol–water partition coefficient (Wildman–Crippen LogP) is 1.46. The van der Waals surface area contributed by atoms with E-state index >= 15 is 0 Å². The second-order valence-electron chi connectivity index (χ2n) is 3.16. The van der Waals surface area contributed by atoms with Gasteiger partial charge in [-0.1, -0.05) is 29.8 Å². The van der Waals surface area contributed by atoms with Crippen LogP contribution in [0.3, 0.4) is 0 Å². The molecule has 82 valence electrons. The second kappa shape index (κ2) is 5.28. The van der Waals surface area contributed by atoms with Gasteiger partial charge in [0.2, 0.25) is 5.91 Å². The third-order valence-corrected chi connectivity index (χ3v) is 4.04. The van der Waals surface area contributed by atoms with Gasteiger partial charge >= 0.3 is 0 Å². The van der Waals surface area contributed by atoms with Crippen LogP contribution in [0.1, 0.15) is 12.5 Å². The molecule has 0 heterocycles. The summed E-state index contributed by atoms with van der Waals surface area (Å²) in [5.41, 5.74) is 5.83. The minimum atomic E-state index is -1.32. The van der Waals surface area contributed by atoms with Gasteiger partial charge in [0.25, 0.3) is 0 Å². The maximum absolute atomic E-state index is 11.7. The summed E-state index contributed by atoms with van der Waals surface area (Å²) in [4.78, 5) is 10.8. The Kier molecular flexibility index (Phi) is 4.29. The molecule has 1 rings (SSSR count). The first-order chi connectivity index (χ1) is 7.02. The number of amides is 1. The Bertz CT molecular complexity index is 395. The lowest BCUT2D eigenvalue weighted by Crippen LogP contribution is -2.30. The molecule has 0 saturated heterocycles. The van der Waals surface area contributed by atoms with Gasteiger partial charge in [-0.2, -0.15) is 0 Å². The van der Waals surface area contributed by atoms with Crippen LogP contribution in [0.2, 0.25) is 5.02 Å². The Hall–Kier alpha value is -0.870. The first-order valence-electron chi connectivity index (χ1n) is 4.42. The molecule has 0 radical (unpaired) electrons. The minimum absolute atomic E-state index is 0.254. The van der Waals surface area contributed by atoms with E-state index in [0.29, 0.717) is 5.02 Å². The Balaban J connectivity index is 2.75.